The Balaban J connectivity index is 1.61. The lowest BCUT2D eigenvalue weighted by Crippen LogP contribution is -2.25. The first-order chi connectivity index (χ1) is 16.6. The third-order valence-electron chi connectivity index (χ3n) is 5.60. The summed E-state index contributed by atoms with van der Waals surface area (Å²) in [5.74, 6) is 1.20. The van der Waals surface area contributed by atoms with Gasteiger partial charge < -0.3 is 24.8 Å². The summed E-state index contributed by atoms with van der Waals surface area (Å²) in [6.45, 7) is 4.29. The highest BCUT2D eigenvalue weighted by Gasteiger charge is 2.24. The van der Waals surface area contributed by atoms with Crippen LogP contribution in [0.15, 0.2) is 42.5 Å². The lowest BCUT2D eigenvalue weighted by Gasteiger charge is -2.27. The molecule has 0 amide bonds. The molecule has 3 rings (SSSR count). The van der Waals surface area contributed by atoms with Crippen molar-refractivity contribution in [2.75, 3.05) is 19.1 Å². The van der Waals surface area contributed by atoms with Gasteiger partial charge in [0.25, 0.3) is 0 Å². The minimum absolute atomic E-state index is 0.0690. The fraction of sp³-hybridized carbons (Fsp3) is 0.417. The Kier molecular flexibility index (Phi) is 10.0. The van der Waals surface area contributed by atoms with Crippen molar-refractivity contribution in [1.29, 1.82) is 0 Å². The Morgan fingerprint density at radius 1 is 1.03 bits per heavy atom. The number of aromatic nitrogens is 3. The van der Waals surface area contributed by atoms with Crippen LogP contribution in [0.4, 0.5) is 0 Å². The molecule has 190 valence electrons. The van der Waals surface area contributed by atoms with Crippen molar-refractivity contribution in [3.05, 3.63) is 68.0 Å². The standard InChI is InChI=1S/C24H28Cl2IN3O5/c1-24(2,16-5-8-22(20(26)9-16)35-13-17(32)10-25)15-3-6-19(7-4-15)34-14-18(33)11-30-21(12-31)23(27)28-29-30/h3-9,17-18,31-33H,10-14H2,1-2H3/t17-,18+/m1/s1/i27-4. The minimum Gasteiger partial charge on any atom is -0.491 e. The molecule has 3 N–H and O–H groups in total. The summed E-state index contributed by atoms with van der Waals surface area (Å²) >= 11 is 14.0. The Bertz CT molecular complexity index is 1110. The van der Waals surface area contributed by atoms with Gasteiger partial charge in [-0.15, -0.1) is 16.7 Å². The lowest BCUT2D eigenvalue weighted by atomic mass is 9.78. The number of alkyl halides is 1. The molecule has 35 heavy (non-hydrogen) atoms. The van der Waals surface area contributed by atoms with E-state index in [1.165, 1.54) is 4.68 Å². The molecule has 0 unspecified atom stereocenters. The van der Waals surface area contributed by atoms with Gasteiger partial charge in [-0.1, -0.05) is 48.9 Å². The van der Waals surface area contributed by atoms with Crippen molar-refractivity contribution in [1.82, 2.24) is 15.0 Å². The quantitative estimate of drug-likeness (QED) is 0.206. The molecule has 0 saturated heterocycles. The highest BCUT2D eigenvalue weighted by molar-refractivity contribution is 14.1. The molecule has 0 aliphatic rings. The van der Waals surface area contributed by atoms with E-state index in [0.717, 1.165) is 11.1 Å². The second-order valence-corrected chi connectivity index (χ2v) is 10.3. The van der Waals surface area contributed by atoms with Crippen molar-refractivity contribution in [2.45, 2.75) is 44.6 Å². The fourth-order valence-electron chi connectivity index (χ4n) is 3.42. The first-order valence-electron chi connectivity index (χ1n) is 10.9. The van der Waals surface area contributed by atoms with Crippen LogP contribution < -0.4 is 9.47 Å². The predicted molar refractivity (Wildman–Crippen MR) is 142 cm³/mol. The maximum Gasteiger partial charge on any atom is 0.149 e. The van der Waals surface area contributed by atoms with Crippen LogP contribution in [-0.4, -0.2) is 61.6 Å². The van der Waals surface area contributed by atoms with Gasteiger partial charge in [0.15, 0.2) is 0 Å². The molecule has 0 saturated carbocycles. The van der Waals surface area contributed by atoms with Crippen LogP contribution in [0, 0.1) is 3.70 Å². The van der Waals surface area contributed by atoms with Crippen LogP contribution in [0.5, 0.6) is 11.5 Å². The van der Waals surface area contributed by atoms with Crippen LogP contribution in [0.2, 0.25) is 5.02 Å². The van der Waals surface area contributed by atoms with E-state index in [1.807, 2.05) is 59.0 Å². The summed E-state index contributed by atoms with van der Waals surface area (Å²) in [5, 5.41) is 37.6. The number of ether oxygens (including phenoxy) is 2. The van der Waals surface area contributed by atoms with Crippen molar-refractivity contribution >= 4 is 45.8 Å². The van der Waals surface area contributed by atoms with E-state index in [9.17, 15) is 15.3 Å². The van der Waals surface area contributed by atoms with E-state index in [2.05, 4.69) is 24.2 Å². The molecule has 0 spiro atoms. The molecule has 8 nitrogen and oxygen atoms in total. The largest absolute Gasteiger partial charge is 0.491 e. The van der Waals surface area contributed by atoms with Crippen LogP contribution >= 0.6 is 45.8 Å². The smallest absolute Gasteiger partial charge is 0.149 e. The highest BCUT2D eigenvalue weighted by atomic mass is 123. The molecular formula is C24H28Cl2IN3O5. The molecule has 1 aromatic heterocycles. The zero-order valence-corrected chi connectivity index (χ0v) is 23.0. The normalized spacial score (nSPS) is 13.5. The number of aliphatic hydroxyl groups excluding tert-OH is 3. The number of halogens is 3. The first-order valence-corrected chi connectivity index (χ1v) is 12.9. The average molecular weight is 632 g/mol. The Labute approximate surface area is 227 Å². The molecule has 0 radical (unpaired) electrons. The van der Waals surface area contributed by atoms with Gasteiger partial charge in [-0.05, 0) is 58.0 Å². The van der Waals surface area contributed by atoms with E-state index in [-0.39, 0.29) is 37.7 Å². The second-order valence-electron chi connectivity index (χ2n) is 8.55. The maximum absolute atomic E-state index is 10.3. The number of hydrogen-bond acceptors (Lipinski definition) is 7. The van der Waals surface area contributed by atoms with Crippen molar-refractivity contribution in [3.8, 4) is 11.5 Å². The molecule has 0 fully saturated rings. The zero-order chi connectivity index (χ0) is 25.6. The summed E-state index contributed by atoms with van der Waals surface area (Å²) in [5.41, 5.74) is 2.26. The van der Waals surface area contributed by atoms with E-state index in [4.69, 9.17) is 32.7 Å². The van der Waals surface area contributed by atoms with Gasteiger partial charge in [0.1, 0.15) is 40.6 Å². The highest BCUT2D eigenvalue weighted by Crippen LogP contribution is 2.36. The summed E-state index contributed by atoms with van der Waals surface area (Å²) in [6.07, 6.45) is -1.57. The number of nitrogens with zero attached hydrogens (tertiary/aromatic N) is 3. The van der Waals surface area contributed by atoms with Crippen molar-refractivity contribution in [2.24, 2.45) is 0 Å². The van der Waals surface area contributed by atoms with Crippen LogP contribution in [-0.2, 0) is 18.6 Å². The van der Waals surface area contributed by atoms with Gasteiger partial charge in [-0.25, -0.2) is 4.68 Å². The van der Waals surface area contributed by atoms with Gasteiger partial charge in [0.05, 0.1) is 29.7 Å². The van der Waals surface area contributed by atoms with Crippen molar-refractivity contribution in [3.63, 3.8) is 0 Å². The first kappa shape index (κ1) is 27.9. The molecule has 0 aliphatic carbocycles. The lowest BCUT2D eigenvalue weighted by molar-refractivity contribution is 0.0866. The predicted octanol–water partition coefficient (Wildman–Crippen LogP) is 3.77. The molecule has 11 heteroatoms. The van der Waals surface area contributed by atoms with Gasteiger partial charge in [-0.3, -0.25) is 0 Å². The molecule has 0 aliphatic heterocycles. The zero-order valence-electron chi connectivity index (χ0n) is 19.4. The van der Waals surface area contributed by atoms with Gasteiger partial charge in [0, 0.05) is 5.41 Å². The number of aliphatic hydroxyl groups is 3. The van der Waals surface area contributed by atoms with E-state index >= 15 is 0 Å². The minimum atomic E-state index is -0.817. The van der Waals surface area contributed by atoms with Gasteiger partial charge >= 0.3 is 0 Å². The molecule has 3 aromatic rings. The molecule has 1 heterocycles. The Morgan fingerprint density at radius 3 is 2.31 bits per heavy atom. The fourth-order valence-corrected chi connectivity index (χ4v) is 4.29. The summed E-state index contributed by atoms with van der Waals surface area (Å²) < 4.78 is 13.4. The van der Waals surface area contributed by atoms with Crippen LogP contribution in [0.25, 0.3) is 0 Å². The summed E-state index contributed by atoms with van der Waals surface area (Å²) in [4.78, 5) is 0. The monoisotopic (exact) mass is 631 g/mol. The SMILES string of the molecule is CC(C)(c1ccc(OC[C@@H](O)Cn2nnc([123I])c2CO)cc1)c1ccc(OC[C@H](O)CCl)c(Cl)c1. The van der Waals surface area contributed by atoms with Gasteiger partial charge in [-0.2, -0.15) is 0 Å². The Morgan fingerprint density at radius 2 is 1.69 bits per heavy atom. The topological polar surface area (TPSA) is 110 Å². The van der Waals surface area contributed by atoms with E-state index in [0.29, 0.717) is 25.9 Å². The average Bonchev–Trinajstić information content (AvgIpc) is 3.20. The third-order valence-corrected chi connectivity index (χ3v) is 7.09. The maximum atomic E-state index is 10.3. The second kappa shape index (κ2) is 12.6. The number of rotatable bonds is 12. The van der Waals surface area contributed by atoms with E-state index < -0.39 is 12.2 Å². The number of hydrogen-bond donors (Lipinski definition) is 3. The van der Waals surface area contributed by atoms with Gasteiger partial charge in [0.2, 0.25) is 0 Å². The molecule has 2 atom stereocenters. The Hall–Kier alpha value is -1.63. The number of benzene rings is 2. The molecule has 0 bridgehead atoms. The molecule has 2 aromatic carbocycles. The van der Waals surface area contributed by atoms with Crippen molar-refractivity contribution < 1.29 is 24.8 Å². The summed E-state index contributed by atoms with van der Waals surface area (Å²) in [7, 11) is 0. The van der Waals surface area contributed by atoms with Crippen LogP contribution in [0.1, 0.15) is 30.7 Å². The molecular weight excluding hydrogens is 604 g/mol. The van der Waals surface area contributed by atoms with Crippen LogP contribution in [0.3, 0.4) is 0 Å². The van der Waals surface area contributed by atoms with E-state index in [1.54, 1.807) is 6.07 Å². The summed E-state index contributed by atoms with van der Waals surface area (Å²) in [6, 6.07) is 13.2. The third kappa shape index (κ3) is 7.21.